The first-order valence-electron chi connectivity index (χ1n) is 4.93. The Morgan fingerprint density at radius 3 is 2.53 bits per heavy atom. The summed E-state index contributed by atoms with van der Waals surface area (Å²) < 4.78 is 11.8. The lowest BCUT2D eigenvalue weighted by Gasteiger charge is -2.10. The van der Waals surface area contributed by atoms with Crippen LogP contribution in [0, 0.1) is 0 Å². The molecule has 0 heterocycles. The Morgan fingerprint density at radius 2 is 2.06 bits per heavy atom. The van der Waals surface area contributed by atoms with Gasteiger partial charge in [0.15, 0.2) is 0 Å². The van der Waals surface area contributed by atoms with Gasteiger partial charge in [-0.1, -0.05) is 18.2 Å². The molecule has 0 aromatic heterocycles. The zero-order valence-corrected chi connectivity index (χ0v) is 11.5. The van der Waals surface area contributed by atoms with E-state index in [1.54, 1.807) is 37.6 Å². The second-order valence-electron chi connectivity index (χ2n) is 4.17. The molecule has 1 aromatic rings. The summed E-state index contributed by atoms with van der Waals surface area (Å²) in [6.07, 6.45) is 0.253. The minimum absolute atomic E-state index is 0. The van der Waals surface area contributed by atoms with Gasteiger partial charge in [0.05, 0.1) is 0 Å². The van der Waals surface area contributed by atoms with E-state index in [1.807, 2.05) is 0 Å². The predicted octanol–water partition coefficient (Wildman–Crippen LogP) is 1.31. The normalized spacial score (nSPS) is 12.6. The van der Waals surface area contributed by atoms with E-state index in [-0.39, 0.29) is 18.8 Å². The molecule has 3 N–H and O–H groups in total. The van der Waals surface area contributed by atoms with Crippen molar-refractivity contribution in [1.29, 1.82) is 0 Å². The van der Waals surface area contributed by atoms with Gasteiger partial charge < -0.3 is 15.4 Å². The van der Waals surface area contributed by atoms with Crippen LogP contribution in [0.4, 0.5) is 0 Å². The second-order valence-corrected chi connectivity index (χ2v) is 7.39. The molecule has 1 unspecified atom stereocenters. The number of hydrogen-bond donors (Lipinski definition) is 2. The lowest BCUT2D eigenvalue weighted by Crippen LogP contribution is -2.32. The fourth-order valence-electron chi connectivity index (χ4n) is 1.36. The zero-order chi connectivity index (χ0) is 12.3. The number of carboxylic acids is 1. The molecule has 0 saturated heterocycles. The quantitative estimate of drug-likeness (QED) is 0.813. The number of aliphatic carboxylic acids is 1. The molecule has 17 heavy (non-hydrogen) atoms. The van der Waals surface area contributed by atoms with Crippen molar-refractivity contribution in [3.63, 3.8) is 0 Å². The average molecular weight is 278 g/mol. The van der Waals surface area contributed by atoms with Crippen LogP contribution in [0.15, 0.2) is 24.3 Å². The number of carbonyl (C=O) groups is 1. The Hall–Kier alpha value is -0.830. The zero-order valence-electron chi connectivity index (χ0n) is 9.79. The molecule has 0 bridgehead atoms. The summed E-state index contributed by atoms with van der Waals surface area (Å²) in [5.74, 6) is -1.03. The van der Waals surface area contributed by atoms with E-state index >= 15 is 0 Å². The highest BCUT2D eigenvalue weighted by Gasteiger charge is 2.15. The van der Waals surface area contributed by atoms with Crippen molar-refractivity contribution in [2.45, 2.75) is 12.5 Å². The summed E-state index contributed by atoms with van der Waals surface area (Å²) >= 11 is 0. The Morgan fingerprint density at radius 1 is 1.47 bits per heavy atom. The molecule has 0 spiro atoms. The minimum Gasteiger partial charge on any atom is -0.480 e. The van der Waals surface area contributed by atoms with Gasteiger partial charge in [-0.15, -0.1) is 12.4 Å². The SMILES string of the molecule is CP(C)(=O)c1cccc(CC(N)C(=O)O)c1.Cl. The van der Waals surface area contributed by atoms with Crippen LogP contribution >= 0.6 is 19.5 Å². The summed E-state index contributed by atoms with van der Waals surface area (Å²) in [6, 6.07) is 6.21. The minimum atomic E-state index is -2.30. The molecule has 0 aliphatic heterocycles. The number of halogens is 1. The van der Waals surface area contributed by atoms with Crippen molar-refractivity contribution in [2.24, 2.45) is 5.73 Å². The fourth-order valence-corrected chi connectivity index (χ4v) is 2.28. The third-order valence-corrected chi connectivity index (χ3v) is 3.83. The number of benzene rings is 1. The van der Waals surface area contributed by atoms with Crippen LogP contribution in [0.25, 0.3) is 0 Å². The van der Waals surface area contributed by atoms with Crippen LogP contribution in [0.3, 0.4) is 0 Å². The van der Waals surface area contributed by atoms with Gasteiger partial charge >= 0.3 is 5.97 Å². The summed E-state index contributed by atoms with van der Waals surface area (Å²) in [4.78, 5) is 10.6. The van der Waals surface area contributed by atoms with Crippen molar-refractivity contribution in [1.82, 2.24) is 0 Å². The van der Waals surface area contributed by atoms with E-state index in [2.05, 4.69) is 0 Å². The van der Waals surface area contributed by atoms with Crippen LogP contribution in [-0.4, -0.2) is 30.4 Å². The molecule has 96 valence electrons. The highest BCUT2D eigenvalue weighted by Crippen LogP contribution is 2.34. The van der Waals surface area contributed by atoms with E-state index in [0.717, 1.165) is 10.9 Å². The topological polar surface area (TPSA) is 80.4 Å². The summed E-state index contributed by atoms with van der Waals surface area (Å²) in [6.45, 7) is 3.37. The van der Waals surface area contributed by atoms with Gasteiger partial charge in [-0.05, 0) is 31.4 Å². The van der Waals surface area contributed by atoms with E-state index in [1.165, 1.54) is 0 Å². The lowest BCUT2D eigenvalue weighted by molar-refractivity contribution is -0.138. The van der Waals surface area contributed by atoms with Crippen molar-refractivity contribution in [2.75, 3.05) is 13.3 Å². The summed E-state index contributed by atoms with van der Waals surface area (Å²) in [5.41, 5.74) is 6.24. The highest BCUT2D eigenvalue weighted by molar-refractivity contribution is 7.70. The monoisotopic (exact) mass is 277 g/mol. The molecule has 1 rings (SSSR count). The molecular formula is C11H17ClNO3P. The Bertz CT molecular complexity index is 444. The van der Waals surface area contributed by atoms with E-state index < -0.39 is 19.2 Å². The summed E-state index contributed by atoms with van der Waals surface area (Å²) in [7, 11) is -2.30. The van der Waals surface area contributed by atoms with E-state index in [0.29, 0.717) is 0 Å². The Balaban J connectivity index is 0.00000256. The third kappa shape index (κ3) is 4.90. The van der Waals surface area contributed by atoms with Gasteiger partial charge in [-0.3, -0.25) is 4.79 Å². The summed E-state index contributed by atoms with van der Waals surface area (Å²) in [5, 5.41) is 9.45. The maximum absolute atomic E-state index is 11.8. The molecular weight excluding hydrogens is 261 g/mol. The van der Waals surface area contributed by atoms with Crippen molar-refractivity contribution < 1.29 is 14.5 Å². The molecule has 6 heteroatoms. The smallest absolute Gasteiger partial charge is 0.320 e. The number of nitrogens with two attached hydrogens (primary N) is 1. The number of carboxylic acid groups (broad SMARTS) is 1. The standard InChI is InChI=1S/C11H16NO3P.ClH/c1-16(2,15)9-5-3-4-8(6-9)7-10(12)11(13)14;/h3-6,10H,7,12H2,1-2H3,(H,13,14);1H. The van der Waals surface area contributed by atoms with E-state index in [4.69, 9.17) is 10.8 Å². The molecule has 1 atom stereocenters. The Kier molecular flexibility index (Phi) is 5.89. The largest absolute Gasteiger partial charge is 0.480 e. The first-order chi connectivity index (χ1) is 7.30. The van der Waals surface area contributed by atoms with Crippen molar-refractivity contribution >= 4 is 30.8 Å². The second kappa shape index (κ2) is 6.20. The third-order valence-electron chi connectivity index (χ3n) is 2.31. The average Bonchev–Trinajstić information content (AvgIpc) is 2.16. The van der Waals surface area contributed by atoms with Crippen molar-refractivity contribution in [3.8, 4) is 0 Å². The Labute approximate surface area is 107 Å². The van der Waals surface area contributed by atoms with Crippen LogP contribution in [-0.2, 0) is 15.8 Å². The molecule has 0 aliphatic carbocycles. The van der Waals surface area contributed by atoms with Crippen LogP contribution in [0.2, 0.25) is 0 Å². The molecule has 0 radical (unpaired) electrons. The first-order valence-corrected chi connectivity index (χ1v) is 7.53. The highest BCUT2D eigenvalue weighted by atomic mass is 35.5. The molecule has 4 nitrogen and oxygen atoms in total. The van der Waals surface area contributed by atoms with Gasteiger partial charge in [0, 0.05) is 5.30 Å². The van der Waals surface area contributed by atoms with Gasteiger partial charge in [-0.25, -0.2) is 0 Å². The number of rotatable bonds is 4. The molecule has 0 amide bonds. The lowest BCUT2D eigenvalue weighted by atomic mass is 10.1. The van der Waals surface area contributed by atoms with Crippen LogP contribution in [0.1, 0.15) is 5.56 Å². The van der Waals surface area contributed by atoms with Gasteiger partial charge in [0.1, 0.15) is 13.2 Å². The van der Waals surface area contributed by atoms with Crippen LogP contribution in [0.5, 0.6) is 0 Å². The predicted molar refractivity (Wildman–Crippen MR) is 72.1 cm³/mol. The van der Waals surface area contributed by atoms with Crippen molar-refractivity contribution in [3.05, 3.63) is 29.8 Å². The molecule has 0 aliphatic rings. The van der Waals surface area contributed by atoms with Gasteiger partial charge in [0.2, 0.25) is 0 Å². The molecule has 0 saturated carbocycles. The maximum atomic E-state index is 11.8. The first kappa shape index (κ1) is 16.2. The van der Waals surface area contributed by atoms with Gasteiger partial charge in [-0.2, -0.15) is 0 Å². The molecule has 1 aromatic carbocycles. The van der Waals surface area contributed by atoms with Gasteiger partial charge in [0.25, 0.3) is 0 Å². The van der Waals surface area contributed by atoms with E-state index in [9.17, 15) is 9.36 Å². The maximum Gasteiger partial charge on any atom is 0.320 e. The van der Waals surface area contributed by atoms with Crippen LogP contribution < -0.4 is 11.0 Å². The fraction of sp³-hybridized carbons (Fsp3) is 0.364. The molecule has 0 fully saturated rings. The number of hydrogen-bond acceptors (Lipinski definition) is 3.